The highest BCUT2D eigenvalue weighted by Gasteiger charge is 2.12. The van der Waals surface area contributed by atoms with Crippen LogP contribution in [-0.2, 0) is 11.3 Å². The molecule has 0 fully saturated rings. The van der Waals surface area contributed by atoms with Gasteiger partial charge in [-0.05, 0) is 54.0 Å². The lowest BCUT2D eigenvalue weighted by Gasteiger charge is -2.12. The van der Waals surface area contributed by atoms with Crippen LogP contribution in [0.4, 0.5) is 5.69 Å². The predicted octanol–water partition coefficient (Wildman–Crippen LogP) is 2.91. The Hall–Kier alpha value is -1.66. The van der Waals surface area contributed by atoms with Gasteiger partial charge in [-0.2, -0.15) is 4.98 Å². The molecule has 0 aliphatic rings. The van der Waals surface area contributed by atoms with E-state index in [0.717, 1.165) is 4.47 Å². The third-order valence-electron chi connectivity index (χ3n) is 2.96. The molecule has 1 heterocycles. The topological polar surface area (TPSA) is 64.0 Å². The maximum absolute atomic E-state index is 12.0. The zero-order valence-corrected chi connectivity index (χ0v) is 13.8. The molecule has 1 aromatic carbocycles. The fraction of sp³-hybridized carbons (Fsp3) is 0.214. The Bertz CT molecular complexity index is 741. The maximum Gasteiger partial charge on any atom is 0.348 e. The average Bonchev–Trinajstić information content (AvgIpc) is 2.44. The monoisotopic (exact) mass is 369 g/mol. The summed E-state index contributed by atoms with van der Waals surface area (Å²) in [6.07, 6.45) is 0. The number of hydrogen-bond donors (Lipinski definition) is 1. The summed E-state index contributed by atoms with van der Waals surface area (Å²) in [7, 11) is 0. The molecule has 21 heavy (non-hydrogen) atoms. The van der Waals surface area contributed by atoms with Crippen molar-refractivity contribution in [1.29, 1.82) is 0 Å². The van der Waals surface area contributed by atoms with E-state index in [0.29, 0.717) is 22.1 Å². The molecule has 1 amide bonds. The molecular weight excluding hydrogens is 358 g/mol. The van der Waals surface area contributed by atoms with Crippen LogP contribution in [0.1, 0.15) is 11.4 Å². The van der Waals surface area contributed by atoms with Gasteiger partial charge in [-0.1, -0.05) is 11.6 Å². The molecule has 5 nitrogen and oxygen atoms in total. The molecule has 0 aliphatic carbocycles. The standard InChI is InChI=1S/C14H13BrClN3O2/c1-8-13(15)9(2)19(14(21)17-8)7-12(20)18-11-5-3-10(16)4-6-11/h3-6H,7H2,1-2H3,(H,18,20). The number of rotatable bonds is 3. The molecule has 2 rings (SSSR count). The molecule has 0 spiro atoms. The van der Waals surface area contributed by atoms with E-state index >= 15 is 0 Å². The zero-order valence-electron chi connectivity index (χ0n) is 11.5. The average molecular weight is 371 g/mol. The SMILES string of the molecule is Cc1nc(=O)n(CC(=O)Nc2ccc(Cl)cc2)c(C)c1Br. The van der Waals surface area contributed by atoms with Crippen molar-refractivity contribution in [3.8, 4) is 0 Å². The van der Waals surface area contributed by atoms with E-state index < -0.39 is 5.69 Å². The second-order valence-corrected chi connectivity index (χ2v) is 5.75. The lowest BCUT2D eigenvalue weighted by atomic mass is 10.3. The maximum atomic E-state index is 12.0. The van der Waals surface area contributed by atoms with Gasteiger partial charge >= 0.3 is 5.69 Å². The summed E-state index contributed by atoms with van der Waals surface area (Å²) in [6.45, 7) is 3.39. The number of nitrogens with one attached hydrogen (secondary N) is 1. The van der Waals surface area contributed by atoms with E-state index in [1.54, 1.807) is 38.1 Å². The fourth-order valence-corrected chi connectivity index (χ4v) is 2.27. The molecule has 110 valence electrons. The highest BCUT2D eigenvalue weighted by atomic mass is 79.9. The predicted molar refractivity (Wildman–Crippen MR) is 85.8 cm³/mol. The van der Waals surface area contributed by atoms with Gasteiger partial charge in [0.05, 0.1) is 10.2 Å². The van der Waals surface area contributed by atoms with Crippen LogP contribution in [-0.4, -0.2) is 15.5 Å². The van der Waals surface area contributed by atoms with E-state index in [2.05, 4.69) is 26.2 Å². The minimum atomic E-state index is -0.445. The minimum absolute atomic E-state index is 0.0980. The van der Waals surface area contributed by atoms with E-state index in [1.165, 1.54) is 4.57 Å². The largest absolute Gasteiger partial charge is 0.348 e. The summed E-state index contributed by atoms with van der Waals surface area (Å²) in [5.41, 5.74) is 1.44. The zero-order chi connectivity index (χ0) is 15.6. The van der Waals surface area contributed by atoms with Gasteiger partial charge in [-0.25, -0.2) is 4.79 Å². The van der Waals surface area contributed by atoms with E-state index in [-0.39, 0.29) is 12.5 Å². The van der Waals surface area contributed by atoms with Crippen LogP contribution >= 0.6 is 27.5 Å². The molecule has 0 saturated carbocycles. The minimum Gasteiger partial charge on any atom is -0.325 e. The van der Waals surface area contributed by atoms with Crippen molar-refractivity contribution in [2.75, 3.05) is 5.32 Å². The molecule has 0 bridgehead atoms. The van der Waals surface area contributed by atoms with E-state index in [4.69, 9.17) is 11.6 Å². The van der Waals surface area contributed by atoms with Gasteiger partial charge in [0.25, 0.3) is 0 Å². The van der Waals surface area contributed by atoms with Gasteiger partial charge in [0, 0.05) is 16.4 Å². The van der Waals surface area contributed by atoms with Crippen molar-refractivity contribution in [2.45, 2.75) is 20.4 Å². The Balaban J connectivity index is 2.19. The van der Waals surface area contributed by atoms with Gasteiger partial charge in [0.2, 0.25) is 5.91 Å². The number of benzene rings is 1. The first-order valence-corrected chi connectivity index (χ1v) is 7.34. The van der Waals surface area contributed by atoms with Gasteiger partial charge in [0.1, 0.15) is 6.54 Å². The molecule has 2 aromatic rings. The number of anilines is 1. The van der Waals surface area contributed by atoms with Crippen molar-refractivity contribution in [3.63, 3.8) is 0 Å². The number of hydrogen-bond acceptors (Lipinski definition) is 3. The Morgan fingerprint density at radius 3 is 2.57 bits per heavy atom. The van der Waals surface area contributed by atoms with Crippen molar-refractivity contribution in [1.82, 2.24) is 9.55 Å². The molecular formula is C14H13BrClN3O2. The van der Waals surface area contributed by atoms with Crippen LogP contribution in [0.2, 0.25) is 5.02 Å². The second kappa shape index (κ2) is 6.41. The van der Waals surface area contributed by atoms with Crippen LogP contribution in [0.5, 0.6) is 0 Å². The number of carbonyl (C=O) groups is 1. The summed E-state index contributed by atoms with van der Waals surface area (Å²) < 4.78 is 2.05. The van der Waals surface area contributed by atoms with Crippen LogP contribution in [0.15, 0.2) is 33.5 Å². The van der Waals surface area contributed by atoms with Crippen LogP contribution in [0.25, 0.3) is 0 Å². The van der Waals surface area contributed by atoms with Crippen LogP contribution in [0.3, 0.4) is 0 Å². The lowest BCUT2D eigenvalue weighted by Crippen LogP contribution is -2.31. The van der Waals surface area contributed by atoms with Crippen LogP contribution < -0.4 is 11.0 Å². The summed E-state index contributed by atoms with van der Waals surface area (Å²) in [5.74, 6) is -0.305. The highest BCUT2D eigenvalue weighted by molar-refractivity contribution is 9.10. The number of aryl methyl sites for hydroxylation is 1. The van der Waals surface area contributed by atoms with Gasteiger partial charge in [0.15, 0.2) is 0 Å². The summed E-state index contributed by atoms with van der Waals surface area (Å²) in [5, 5.41) is 3.30. The summed E-state index contributed by atoms with van der Waals surface area (Å²) in [4.78, 5) is 27.8. The van der Waals surface area contributed by atoms with E-state index in [1.807, 2.05) is 0 Å². The van der Waals surface area contributed by atoms with Gasteiger partial charge < -0.3 is 5.32 Å². The first-order valence-electron chi connectivity index (χ1n) is 6.17. The number of aromatic nitrogens is 2. The van der Waals surface area contributed by atoms with E-state index in [9.17, 15) is 9.59 Å². The molecule has 1 N–H and O–H groups in total. The lowest BCUT2D eigenvalue weighted by molar-refractivity contribution is -0.116. The molecule has 0 aliphatic heterocycles. The molecule has 0 radical (unpaired) electrons. The molecule has 7 heteroatoms. The normalized spacial score (nSPS) is 10.5. The number of halogens is 2. The van der Waals surface area contributed by atoms with Gasteiger partial charge in [-0.15, -0.1) is 0 Å². The van der Waals surface area contributed by atoms with Crippen LogP contribution in [0, 0.1) is 13.8 Å². The summed E-state index contributed by atoms with van der Waals surface area (Å²) in [6, 6.07) is 6.75. The third-order valence-corrected chi connectivity index (χ3v) is 4.36. The molecule has 0 atom stereocenters. The second-order valence-electron chi connectivity index (χ2n) is 4.52. The Morgan fingerprint density at radius 1 is 1.33 bits per heavy atom. The first kappa shape index (κ1) is 15.7. The molecule has 0 unspecified atom stereocenters. The van der Waals surface area contributed by atoms with Crippen molar-refractivity contribution < 1.29 is 4.79 Å². The Kier molecular flexibility index (Phi) is 4.80. The Morgan fingerprint density at radius 2 is 1.95 bits per heavy atom. The van der Waals surface area contributed by atoms with Crippen molar-refractivity contribution >= 4 is 39.1 Å². The first-order chi connectivity index (χ1) is 9.88. The van der Waals surface area contributed by atoms with Crippen molar-refractivity contribution in [2.24, 2.45) is 0 Å². The van der Waals surface area contributed by atoms with Crippen molar-refractivity contribution in [3.05, 3.63) is 55.6 Å². The number of carbonyl (C=O) groups excluding carboxylic acids is 1. The smallest absolute Gasteiger partial charge is 0.325 e. The quantitative estimate of drug-likeness (QED) is 0.903. The summed E-state index contributed by atoms with van der Waals surface area (Å²) >= 11 is 9.14. The molecule has 0 saturated heterocycles. The third kappa shape index (κ3) is 3.71. The number of amides is 1. The number of nitrogens with zero attached hydrogens (tertiary/aromatic N) is 2. The van der Waals surface area contributed by atoms with Gasteiger partial charge in [-0.3, -0.25) is 9.36 Å². The Labute approximate surface area is 135 Å². The highest BCUT2D eigenvalue weighted by Crippen LogP contribution is 2.17. The fourth-order valence-electron chi connectivity index (χ4n) is 1.84. The molecule has 1 aromatic heterocycles.